The molecule has 1 aliphatic rings. The Labute approximate surface area is 165 Å². The van der Waals surface area contributed by atoms with E-state index in [2.05, 4.69) is 0 Å². The number of oxazole rings is 1. The van der Waals surface area contributed by atoms with Crippen molar-refractivity contribution in [1.29, 1.82) is 0 Å². The van der Waals surface area contributed by atoms with Crippen LogP contribution in [0.2, 0.25) is 0 Å². The molecule has 0 N–H and O–H groups in total. The fourth-order valence-electron chi connectivity index (χ4n) is 3.41. The van der Waals surface area contributed by atoms with Crippen LogP contribution in [0.4, 0.5) is 5.69 Å². The summed E-state index contributed by atoms with van der Waals surface area (Å²) in [5.41, 5.74) is 1.92. The molecule has 0 radical (unpaired) electrons. The van der Waals surface area contributed by atoms with Gasteiger partial charge in [-0.2, -0.15) is 0 Å². The third-order valence-electron chi connectivity index (χ3n) is 5.12. The molecule has 0 saturated heterocycles. The SMILES string of the molecule is CC(=O)c1ccc2c(c1)oc(=O)n2C(C)C(=O)c1ccc2c(c1)N(C)C(=O)CO2. The van der Waals surface area contributed by atoms with Gasteiger partial charge in [-0.3, -0.25) is 19.0 Å². The molecule has 0 bridgehead atoms. The number of hydrogen-bond donors (Lipinski definition) is 0. The van der Waals surface area contributed by atoms with Gasteiger partial charge < -0.3 is 14.1 Å². The lowest BCUT2D eigenvalue weighted by atomic mass is 10.0. The van der Waals surface area contributed by atoms with Gasteiger partial charge in [-0.25, -0.2) is 4.79 Å². The van der Waals surface area contributed by atoms with Crippen molar-refractivity contribution in [3.8, 4) is 5.75 Å². The number of aromatic nitrogens is 1. The summed E-state index contributed by atoms with van der Waals surface area (Å²) >= 11 is 0. The number of Topliss-reactive ketones (excluding diaryl/α,β-unsaturated/α-hetero) is 2. The van der Waals surface area contributed by atoms with E-state index >= 15 is 0 Å². The third kappa shape index (κ3) is 3.02. The maximum absolute atomic E-state index is 13.1. The van der Waals surface area contributed by atoms with Crippen LogP contribution < -0.4 is 15.4 Å². The van der Waals surface area contributed by atoms with E-state index in [9.17, 15) is 19.2 Å². The summed E-state index contributed by atoms with van der Waals surface area (Å²) in [6.07, 6.45) is 0. The van der Waals surface area contributed by atoms with E-state index in [0.717, 1.165) is 0 Å². The molecule has 0 saturated carbocycles. The average molecular weight is 394 g/mol. The topological polar surface area (TPSA) is 98.8 Å². The summed E-state index contributed by atoms with van der Waals surface area (Å²) in [5.74, 6) is -0.858. The quantitative estimate of drug-likeness (QED) is 0.631. The zero-order valence-electron chi connectivity index (χ0n) is 16.1. The van der Waals surface area contributed by atoms with Gasteiger partial charge in [-0.1, -0.05) is 0 Å². The summed E-state index contributed by atoms with van der Waals surface area (Å²) < 4.78 is 11.9. The smallest absolute Gasteiger partial charge is 0.420 e. The highest BCUT2D eigenvalue weighted by Crippen LogP contribution is 2.33. The maximum atomic E-state index is 13.1. The predicted molar refractivity (Wildman–Crippen MR) is 105 cm³/mol. The molecular formula is C21H18N2O6. The highest BCUT2D eigenvalue weighted by molar-refractivity contribution is 6.03. The average Bonchev–Trinajstić information content (AvgIpc) is 3.04. The normalized spacial score (nSPS) is 14.4. The molecule has 2 aromatic carbocycles. The summed E-state index contributed by atoms with van der Waals surface area (Å²) in [4.78, 5) is 50.3. The Hall–Kier alpha value is -3.68. The Morgan fingerprint density at radius 3 is 2.52 bits per heavy atom. The number of carbonyl (C=O) groups is 3. The van der Waals surface area contributed by atoms with E-state index in [1.54, 1.807) is 44.3 Å². The second-order valence-electron chi connectivity index (χ2n) is 6.94. The van der Waals surface area contributed by atoms with Crippen LogP contribution >= 0.6 is 0 Å². The lowest BCUT2D eigenvalue weighted by molar-refractivity contribution is -0.120. The van der Waals surface area contributed by atoms with Gasteiger partial charge in [0.15, 0.2) is 23.8 Å². The zero-order chi connectivity index (χ0) is 20.9. The van der Waals surface area contributed by atoms with Crippen molar-refractivity contribution in [1.82, 2.24) is 4.57 Å². The number of ether oxygens (including phenoxy) is 1. The minimum absolute atomic E-state index is 0.0498. The van der Waals surface area contributed by atoms with E-state index in [4.69, 9.17) is 9.15 Å². The van der Waals surface area contributed by atoms with E-state index in [0.29, 0.717) is 28.1 Å². The molecule has 148 valence electrons. The van der Waals surface area contributed by atoms with Gasteiger partial charge in [0.2, 0.25) is 0 Å². The summed E-state index contributed by atoms with van der Waals surface area (Å²) in [5, 5.41) is 0. The number of benzene rings is 2. The largest absolute Gasteiger partial charge is 0.482 e. The Balaban J connectivity index is 1.74. The number of likely N-dealkylation sites (N-methyl/N-ethyl adjacent to an activating group) is 1. The van der Waals surface area contributed by atoms with Crippen molar-refractivity contribution in [3.63, 3.8) is 0 Å². The first-order valence-corrected chi connectivity index (χ1v) is 9.01. The lowest BCUT2D eigenvalue weighted by Gasteiger charge is -2.26. The molecule has 2 heterocycles. The van der Waals surface area contributed by atoms with Crippen LogP contribution in [0.3, 0.4) is 0 Å². The van der Waals surface area contributed by atoms with Crippen molar-refractivity contribution < 1.29 is 23.5 Å². The van der Waals surface area contributed by atoms with E-state index in [1.165, 1.54) is 22.5 Å². The van der Waals surface area contributed by atoms with Crippen LogP contribution in [0.25, 0.3) is 11.1 Å². The number of carbonyl (C=O) groups excluding carboxylic acids is 3. The number of nitrogens with zero attached hydrogens (tertiary/aromatic N) is 2. The van der Waals surface area contributed by atoms with Crippen LogP contribution in [0.1, 0.15) is 40.6 Å². The van der Waals surface area contributed by atoms with Gasteiger partial charge in [0, 0.05) is 18.2 Å². The number of ketones is 2. The van der Waals surface area contributed by atoms with E-state index < -0.39 is 11.8 Å². The first-order valence-electron chi connectivity index (χ1n) is 9.01. The molecule has 8 nitrogen and oxygen atoms in total. The predicted octanol–water partition coefficient (Wildman–Crippen LogP) is 2.60. The van der Waals surface area contributed by atoms with Crippen molar-refractivity contribution in [2.45, 2.75) is 19.9 Å². The standard InChI is InChI=1S/C21H18N2O6/c1-11(23-15-6-4-13(12(2)24)9-18(15)29-21(23)27)20(26)14-5-7-17-16(8-14)22(3)19(25)10-28-17/h4-9,11H,10H2,1-3H3. The molecular weight excluding hydrogens is 376 g/mol. The van der Waals surface area contributed by atoms with Crippen molar-refractivity contribution in [2.75, 3.05) is 18.6 Å². The number of anilines is 1. The minimum atomic E-state index is -0.851. The molecule has 29 heavy (non-hydrogen) atoms. The first-order chi connectivity index (χ1) is 13.8. The van der Waals surface area contributed by atoms with Gasteiger partial charge in [0.25, 0.3) is 5.91 Å². The van der Waals surface area contributed by atoms with Crippen molar-refractivity contribution in [2.24, 2.45) is 0 Å². The Bertz CT molecular complexity index is 1240. The van der Waals surface area contributed by atoms with Gasteiger partial charge >= 0.3 is 5.76 Å². The van der Waals surface area contributed by atoms with Crippen LogP contribution in [-0.4, -0.2) is 35.7 Å². The summed E-state index contributed by atoms with van der Waals surface area (Å²) in [6, 6.07) is 8.62. The Kier molecular flexibility index (Phi) is 4.34. The molecule has 0 aliphatic carbocycles. The van der Waals surface area contributed by atoms with Gasteiger partial charge in [0.1, 0.15) is 11.8 Å². The zero-order valence-corrected chi connectivity index (χ0v) is 16.1. The molecule has 8 heteroatoms. The fraction of sp³-hybridized carbons (Fsp3) is 0.238. The minimum Gasteiger partial charge on any atom is -0.482 e. The highest BCUT2D eigenvalue weighted by atomic mass is 16.5. The van der Waals surface area contributed by atoms with Crippen LogP contribution in [0.5, 0.6) is 5.75 Å². The molecule has 3 aromatic rings. The highest BCUT2D eigenvalue weighted by Gasteiger charge is 2.27. The number of amides is 1. The van der Waals surface area contributed by atoms with Gasteiger partial charge in [0.05, 0.1) is 11.2 Å². The van der Waals surface area contributed by atoms with Crippen molar-refractivity contribution in [3.05, 3.63) is 58.1 Å². The number of hydrogen-bond acceptors (Lipinski definition) is 6. The number of fused-ring (bicyclic) bond motifs is 2. The molecule has 1 atom stereocenters. The van der Waals surface area contributed by atoms with Gasteiger partial charge in [-0.05, 0) is 50.2 Å². The monoisotopic (exact) mass is 394 g/mol. The third-order valence-corrected chi connectivity index (χ3v) is 5.12. The summed E-state index contributed by atoms with van der Waals surface area (Å²) in [7, 11) is 1.61. The summed E-state index contributed by atoms with van der Waals surface area (Å²) in [6.45, 7) is 2.97. The molecule has 0 spiro atoms. The molecule has 1 unspecified atom stereocenters. The molecule has 0 fully saturated rings. The van der Waals surface area contributed by atoms with E-state index in [-0.39, 0.29) is 29.7 Å². The van der Waals surface area contributed by atoms with Crippen LogP contribution in [0.15, 0.2) is 45.6 Å². The number of rotatable bonds is 4. The van der Waals surface area contributed by atoms with Crippen molar-refractivity contribution >= 4 is 34.3 Å². The Morgan fingerprint density at radius 1 is 1.07 bits per heavy atom. The van der Waals surface area contributed by atoms with Crippen LogP contribution in [-0.2, 0) is 4.79 Å². The Morgan fingerprint density at radius 2 is 1.79 bits per heavy atom. The maximum Gasteiger partial charge on any atom is 0.420 e. The molecule has 1 aromatic heterocycles. The molecule has 4 rings (SSSR count). The van der Waals surface area contributed by atoms with Gasteiger partial charge in [-0.15, -0.1) is 0 Å². The van der Waals surface area contributed by atoms with Crippen LogP contribution in [0, 0.1) is 0 Å². The molecule has 1 aliphatic heterocycles. The second kappa shape index (κ2) is 6.73. The fourth-order valence-corrected chi connectivity index (χ4v) is 3.41. The lowest BCUT2D eigenvalue weighted by Crippen LogP contribution is -2.35. The first kappa shape index (κ1) is 18.7. The molecule has 1 amide bonds. The van der Waals surface area contributed by atoms with E-state index in [1.807, 2.05) is 0 Å². The second-order valence-corrected chi connectivity index (χ2v) is 6.94.